The van der Waals surface area contributed by atoms with Gasteiger partial charge in [-0.1, -0.05) is 13.0 Å². The molecular formula is C13H15N3O2. The normalized spacial score (nSPS) is 10.3. The van der Waals surface area contributed by atoms with Crippen molar-refractivity contribution in [3.63, 3.8) is 0 Å². The van der Waals surface area contributed by atoms with Gasteiger partial charge < -0.3 is 10.5 Å². The Morgan fingerprint density at radius 1 is 1.44 bits per heavy atom. The summed E-state index contributed by atoms with van der Waals surface area (Å²) in [6, 6.07) is 9.09. The lowest BCUT2D eigenvalue weighted by Crippen LogP contribution is -2.05. The van der Waals surface area contributed by atoms with Crippen LogP contribution in [0, 0.1) is 0 Å². The maximum absolute atomic E-state index is 11.5. The fourth-order valence-electron chi connectivity index (χ4n) is 1.76. The fraction of sp³-hybridized carbons (Fsp3) is 0.231. The SMILES string of the molecule is CCc1cc(C(=O)OC)nn1-c1cccc(N)c1. The molecule has 0 saturated carbocycles. The molecule has 0 aliphatic heterocycles. The molecule has 0 aliphatic carbocycles. The summed E-state index contributed by atoms with van der Waals surface area (Å²) in [7, 11) is 1.34. The Bertz CT molecular complexity index is 575. The van der Waals surface area contributed by atoms with Crippen molar-refractivity contribution in [2.75, 3.05) is 12.8 Å². The van der Waals surface area contributed by atoms with Gasteiger partial charge in [-0.2, -0.15) is 5.10 Å². The van der Waals surface area contributed by atoms with Crippen molar-refractivity contribution in [3.8, 4) is 5.69 Å². The molecule has 0 spiro atoms. The van der Waals surface area contributed by atoms with E-state index in [4.69, 9.17) is 5.73 Å². The number of aryl methyl sites for hydroxylation is 1. The number of carbonyl (C=O) groups is 1. The molecule has 1 aromatic heterocycles. The molecule has 0 amide bonds. The molecule has 0 unspecified atom stereocenters. The second-order valence-electron chi connectivity index (χ2n) is 3.87. The third kappa shape index (κ3) is 2.20. The summed E-state index contributed by atoms with van der Waals surface area (Å²) in [5.41, 5.74) is 8.47. The van der Waals surface area contributed by atoms with Crippen LogP contribution in [0.1, 0.15) is 23.1 Å². The Morgan fingerprint density at radius 3 is 2.83 bits per heavy atom. The number of esters is 1. The van der Waals surface area contributed by atoms with E-state index in [2.05, 4.69) is 9.84 Å². The lowest BCUT2D eigenvalue weighted by atomic mass is 10.2. The molecule has 0 atom stereocenters. The van der Waals surface area contributed by atoms with E-state index in [9.17, 15) is 4.79 Å². The van der Waals surface area contributed by atoms with E-state index in [1.54, 1.807) is 16.8 Å². The van der Waals surface area contributed by atoms with Gasteiger partial charge >= 0.3 is 5.97 Å². The quantitative estimate of drug-likeness (QED) is 0.661. The van der Waals surface area contributed by atoms with E-state index in [0.717, 1.165) is 17.8 Å². The maximum Gasteiger partial charge on any atom is 0.358 e. The highest BCUT2D eigenvalue weighted by molar-refractivity contribution is 5.87. The van der Waals surface area contributed by atoms with Crippen LogP contribution in [-0.4, -0.2) is 22.9 Å². The van der Waals surface area contributed by atoms with Crippen molar-refractivity contribution < 1.29 is 9.53 Å². The molecule has 0 fully saturated rings. The molecule has 1 aromatic carbocycles. The molecule has 1 heterocycles. The van der Waals surface area contributed by atoms with Crippen molar-refractivity contribution in [1.82, 2.24) is 9.78 Å². The van der Waals surface area contributed by atoms with Gasteiger partial charge in [-0.15, -0.1) is 0 Å². The highest BCUT2D eigenvalue weighted by atomic mass is 16.5. The average Bonchev–Trinajstić information content (AvgIpc) is 2.82. The second kappa shape index (κ2) is 4.91. The Kier molecular flexibility index (Phi) is 3.32. The fourth-order valence-corrected chi connectivity index (χ4v) is 1.76. The van der Waals surface area contributed by atoms with Crippen molar-refractivity contribution in [3.05, 3.63) is 41.7 Å². The topological polar surface area (TPSA) is 70.1 Å². The van der Waals surface area contributed by atoms with Crippen LogP contribution in [0.5, 0.6) is 0 Å². The van der Waals surface area contributed by atoms with Gasteiger partial charge in [-0.3, -0.25) is 0 Å². The van der Waals surface area contributed by atoms with Gasteiger partial charge in [0.25, 0.3) is 0 Å². The number of nitrogen functional groups attached to an aromatic ring is 1. The Morgan fingerprint density at radius 2 is 2.22 bits per heavy atom. The first kappa shape index (κ1) is 12.2. The van der Waals surface area contributed by atoms with Gasteiger partial charge in [-0.25, -0.2) is 9.48 Å². The Balaban J connectivity index is 2.50. The molecule has 0 radical (unpaired) electrons. The minimum Gasteiger partial charge on any atom is -0.464 e. The van der Waals surface area contributed by atoms with E-state index >= 15 is 0 Å². The van der Waals surface area contributed by atoms with Crippen LogP contribution in [0.25, 0.3) is 5.69 Å². The summed E-state index contributed by atoms with van der Waals surface area (Å²) < 4.78 is 6.38. The minimum absolute atomic E-state index is 0.303. The minimum atomic E-state index is -0.438. The largest absolute Gasteiger partial charge is 0.464 e. The number of nitrogens with zero attached hydrogens (tertiary/aromatic N) is 2. The molecule has 5 heteroatoms. The first-order valence-corrected chi connectivity index (χ1v) is 5.69. The van der Waals surface area contributed by atoms with Crippen molar-refractivity contribution in [1.29, 1.82) is 0 Å². The summed E-state index contributed by atoms with van der Waals surface area (Å²) in [5.74, 6) is -0.438. The molecular weight excluding hydrogens is 230 g/mol. The molecule has 2 rings (SSSR count). The van der Waals surface area contributed by atoms with E-state index in [0.29, 0.717) is 11.4 Å². The molecule has 18 heavy (non-hydrogen) atoms. The number of anilines is 1. The summed E-state index contributed by atoms with van der Waals surface area (Å²) >= 11 is 0. The monoisotopic (exact) mass is 245 g/mol. The lowest BCUT2D eigenvalue weighted by molar-refractivity contribution is 0.0593. The molecule has 5 nitrogen and oxygen atoms in total. The average molecular weight is 245 g/mol. The predicted octanol–water partition coefficient (Wildman–Crippen LogP) is 1.80. The number of benzene rings is 1. The standard InChI is InChI=1S/C13H15N3O2/c1-3-10-8-12(13(17)18-2)15-16(10)11-6-4-5-9(14)7-11/h4-8H,3,14H2,1-2H3. The summed E-state index contributed by atoms with van der Waals surface area (Å²) in [6.45, 7) is 2.00. The number of ether oxygens (including phenoxy) is 1. The maximum atomic E-state index is 11.5. The summed E-state index contributed by atoms with van der Waals surface area (Å²) in [4.78, 5) is 11.5. The van der Waals surface area contributed by atoms with Gasteiger partial charge in [0.1, 0.15) is 0 Å². The Labute approximate surface area is 105 Å². The smallest absolute Gasteiger partial charge is 0.358 e. The van der Waals surface area contributed by atoms with Gasteiger partial charge in [0, 0.05) is 11.4 Å². The molecule has 2 aromatic rings. The van der Waals surface area contributed by atoms with Gasteiger partial charge in [-0.05, 0) is 30.7 Å². The third-order valence-electron chi connectivity index (χ3n) is 2.65. The molecule has 0 aliphatic rings. The van der Waals surface area contributed by atoms with Crippen LogP contribution in [0.4, 0.5) is 5.69 Å². The van der Waals surface area contributed by atoms with Crippen LogP contribution in [-0.2, 0) is 11.2 Å². The van der Waals surface area contributed by atoms with E-state index in [-0.39, 0.29) is 0 Å². The first-order chi connectivity index (χ1) is 8.65. The molecule has 0 saturated heterocycles. The number of methoxy groups -OCH3 is 1. The summed E-state index contributed by atoms with van der Waals surface area (Å²) in [6.07, 6.45) is 0.763. The first-order valence-electron chi connectivity index (χ1n) is 5.69. The molecule has 0 bridgehead atoms. The number of rotatable bonds is 3. The highest BCUT2D eigenvalue weighted by Gasteiger charge is 2.14. The van der Waals surface area contributed by atoms with Gasteiger partial charge in [0.2, 0.25) is 0 Å². The second-order valence-corrected chi connectivity index (χ2v) is 3.87. The van der Waals surface area contributed by atoms with Crippen LogP contribution < -0.4 is 5.73 Å². The van der Waals surface area contributed by atoms with Crippen LogP contribution in [0.2, 0.25) is 0 Å². The number of nitrogens with two attached hydrogens (primary N) is 1. The van der Waals surface area contributed by atoms with Crippen molar-refractivity contribution in [2.45, 2.75) is 13.3 Å². The molecule has 2 N–H and O–H groups in total. The van der Waals surface area contributed by atoms with Gasteiger partial charge in [0.05, 0.1) is 12.8 Å². The van der Waals surface area contributed by atoms with E-state index in [1.165, 1.54) is 7.11 Å². The predicted molar refractivity (Wildman–Crippen MR) is 68.7 cm³/mol. The summed E-state index contributed by atoms with van der Waals surface area (Å²) in [5, 5.41) is 4.25. The van der Waals surface area contributed by atoms with Crippen LogP contribution in [0.15, 0.2) is 30.3 Å². The number of aromatic nitrogens is 2. The third-order valence-corrected chi connectivity index (χ3v) is 2.65. The lowest BCUT2D eigenvalue weighted by Gasteiger charge is -2.06. The zero-order chi connectivity index (χ0) is 13.1. The number of hydrogen-bond acceptors (Lipinski definition) is 4. The van der Waals surface area contributed by atoms with Crippen molar-refractivity contribution >= 4 is 11.7 Å². The zero-order valence-corrected chi connectivity index (χ0v) is 10.4. The van der Waals surface area contributed by atoms with E-state index < -0.39 is 5.97 Å². The van der Waals surface area contributed by atoms with Crippen LogP contribution in [0.3, 0.4) is 0 Å². The highest BCUT2D eigenvalue weighted by Crippen LogP contribution is 2.16. The van der Waals surface area contributed by atoms with E-state index in [1.807, 2.05) is 25.1 Å². The van der Waals surface area contributed by atoms with Crippen LogP contribution >= 0.6 is 0 Å². The van der Waals surface area contributed by atoms with Gasteiger partial charge in [0.15, 0.2) is 5.69 Å². The molecule has 94 valence electrons. The number of carbonyl (C=O) groups excluding carboxylic acids is 1. The van der Waals surface area contributed by atoms with Crippen molar-refractivity contribution in [2.24, 2.45) is 0 Å². The number of hydrogen-bond donors (Lipinski definition) is 1. The zero-order valence-electron chi connectivity index (χ0n) is 10.4. The Hall–Kier alpha value is -2.30.